The SMILES string of the molecule is CCCOc1c(Cl)cc(C=NNc2cccc([N+](=O)[O-])c2)cc1Cl. The number of hydrogen-bond donors (Lipinski definition) is 1. The molecule has 0 atom stereocenters. The molecule has 0 saturated carbocycles. The number of nitro groups is 1. The van der Waals surface area contributed by atoms with Gasteiger partial charge in [0, 0.05) is 12.1 Å². The topological polar surface area (TPSA) is 76.8 Å². The highest BCUT2D eigenvalue weighted by atomic mass is 35.5. The molecule has 2 rings (SSSR count). The van der Waals surface area contributed by atoms with Crippen LogP contribution in [-0.2, 0) is 0 Å². The van der Waals surface area contributed by atoms with E-state index in [1.807, 2.05) is 6.92 Å². The van der Waals surface area contributed by atoms with Gasteiger partial charge in [0.2, 0.25) is 0 Å². The number of hydrazone groups is 1. The molecular weight excluding hydrogens is 353 g/mol. The van der Waals surface area contributed by atoms with Crippen LogP contribution >= 0.6 is 23.2 Å². The third-order valence-corrected chi connectivity index (χ3v) is 3.50. The summed E-state index contributed by atoms with van der Waals surface area (Å²) in [6, 6.07) is 9.39. The predicted molar refractivity (Wildman–Crippen MR) is 96.6 cm³/mol. The summed E-state index contributed by atoms with van der Waals surface area (Å²) in [4.78, 5) is 10.3. The highest BCUT2D eigenvalue weighted by Gasteiger charge is 2.09. The minimum Gasteiger partial charge on any atom is -0.490 e. The minimum atomic E-state index is -0.469. The molecule has 8 heteroatoms. The van der Waals surface area contributed by atoms with Crippen LogP contribution in [0.2, 0.25) is 10.0 Å². The number of nitro benzene ring substituents is 1. The predicted octanol–water partition coefficient (Wildman–Crippen LogP) is 5.14. The summed E-state index contributed by atoms with van der Waals surface area (Å²) >= 11 is 12.3. The molecular formula is C16H15Cl2N3O3. The van der Waals surface area contributed by atoms with Crippen molar-refractivity contribution in [2.75, 3.05) is 12.0 Å². The summed E-state index contributed by atoms with van der Waals surface area (Å²) in [5.74, 6) is 0.448. The van der Waals surface area contributed by atoms with Crippen molar-refractivity contribution in [3.63, 3.8) is 0 Å². The lowest BCUT2D eigenvalue weighted by Gasteiger charge is -2.09. The van der Waals surface area contributed by atoms with Gasteiger partial charge in [0.15, 0.2) is 5.75 Å². The van der Waals surface area contributed by atoms with Gasteiger partial charge in [-0.2, -0.15) is 5.10 Å². The van der Waals surface area contributed by atoms with Gasteiger partial charge in [0.1, 0.15) is 0 Å². The number of non-ortho nitro benzene ring substituents is 1. The zero-order valence-electron chi connectivity index (χ0n) is 12.8. The summed E-state index contributed by atoms with van der Waals surface area (Å²) in [6.07, 6.45) is 2.36. The molecule has 0 aliphatic heterocycles. The molecule has 0 amide bonds. The molecule has 0 radical (unpaired) electrons. The quantitative estimate of drug-likeness (QED) is 0.417. The maximum Gasteiger partial charge on any atom is 0.271 e. The van der Waals surface area contributed by atoms with Crippen molar-refractivity contribution in [1.82, 2.24) is 0 Å². The molecule has 0 fully saturated rings. The molecule has 0 aliphatic rings. The van der Waals surface area contributed by atoms with Crippen LogP contribution < -0.4 is 10.2 Å². The van der Waals surface area contributed by atoms with Crippen molar-refractivity contribution in [3.8, 4) is 5.75 Å². The molecule has 0 aromatic heterocycles. The van der Waals surface area contributed by atoms with E-state index in [1.54, 1.807) is 24.3 Å². The Bertz CT molecular complexity index is 743. The highest BCUT2D eigenvalue weighted by Crippen LogP contribution is 2.34. The van der Waals surface area contributed by atoms with Gasteiger partial charge >= 0.3 is 0 Å². The van der Waals surface area contributed by atoms with E-state index in [2.05, 4.69) is 10.5 Å². The number of anilines is 1. The van der Waals surface area contributed by atoms with E-state index in [9.17, 15) is 10.1 Å². The van der Waals surface area contributed by atoms with E-state index in [4.69, 9.17) is 27.9 Å². The first-order valence-corrected chi connectivity index (χ1v) is 7.92. The Morgan fingerprint density at radius 1 is 1.29 bits per heavy atom. The van der Waals surface area contributed by atoms with Crippen LogP contribution in [0.5, 0.6) is 5.75 Å². The van der Waals surface area contributed by atoms with Gasteiger partial charge < -0.3 is 4.74 Å². The standard InChI is InChI=1S/C16H15Cl2N3O3/c1-2-6-24-16-14(17)7-11(8-15(16)18)10-19-20-12-4-3-5-13(9-12)21(22)23/h3-5,7-10,20H,2,6H2,1H3. The zero-order chi connectivity index (χ0) is 17.5. The van der Waals surface area contributed by atoms with Crippen molar-refractivity contribution < 1.29 is 9.66 Å². The maximum absolute atomic E-state index is 10.7. The number of ether oxygens (including phenoxy) is 1. The van der Waals surface area contributed by atoms with Gasteiger partial charge in [0.25, 0.3) is 5.69 Å². The van der Waals surface area contributed by atoms with Crippen molar-refractivity contribution in [2.24, 2.45) is 5.10 Å². The zero-order valence-corrected chi connectivity index (χ0v) is 14.3. The maximum atomic E-state index is 10.7. The Kier molecular flexibility index (Phi) is 6.40. The van der Waals surface area contributed by atoms with Crippen LogP contribution in [0.15, 0.2) is 41.5 Å². The second kappa shape index (κ2) is 8.52. The fourth-order valence-corrected chi connectivity index (χ4v) is 2.48. The molecule has 0 saturated heterocycles. The fourth-order valence-electron chi connectivity index (χ4n) is 1.87. The summed E-state index contributed by atoms with van der Waals surface area (Å²) in [5.41, 5.74) is 3.88. The molecule has 1 N–H and O–H groups in total. The molecule has 2 aromatic carbocycles. The van der Waals surface area contributed by atoms with Crippen LogP contribution in [0.3, 0.4) is 0 Å². The normalized spacial score (nSPS) is 10.8. The lowest BCUT2D eigenvalue weighted by Crippen LogP contribution is -1.98. The second-order valence-electron chi connectivity index (χ2n) is 4.84. The van der Waals surface area contributed by atoms with Crippen LogP contribution in [0.4, 0.5) is 11.4 Å². The summed E-state index contributed by atoms with van der Waals surface area (Å²) < 4.78 is 5.49. The Morgan fingerprint density at radius 2 is 2.00 bits per heavy atom. The minimum absolute atomic E-state index is 0.0151. The summed E-state index contributed by atoms with van der Waals surface area (Å²) in [6.45, 7) is 2.52. The third-order valence-electron chi connectivity index (χ3n) is 2.94. The van der Waals surface area contributed by atoms with Gasteiger partial charge in [-0.3, -0.25) is 15.5 Å². The molecule has 0 aliphatic carbocycles. The molecule has 2 aromatic rings. The summed E-state index contributed by atoms with van der Waals surface area (Å²) in [7, 11) is 0. The lowest BCUT2D eigenvalue weighted by molar-refractivity contribution is -0.384. The van der Waals surface area contributed by atoms with Crippen LogP contribution in [-0.4, -0.2) is 17.7 Å². The molecule has 6 nitrogen and oxygen atoms in total. The first-order valence-electron chi connectivity index (χ1n) is 7.16. The smallest absolute Gasteiger partial charge is 0.271 e. The number of halogens is 2. The Balaban J connectivity index is 2.09. The van der Waals surface area contributed by atoms with E-state index in [0.29, 0.717) is 33.7 Å². The Morgan fingerprint density at radius 3 is 2.62 bits per heavy atom. The van der Waals surface area contributed by atoms with Crippen molar-refractivity contribution >= 4 is 40.8 Å². The third kappa shape index (κ3) is 4.84. The number of hydrogen-bond acceptors (Lipinski definition) is 5. The largest absolute Gasteiger partial charge is 0.490 e. The number of benzene rings is 2. The monoisotopic (exact) mass is 367 g/mol. The van der Waals surface area contributed by atoms with Crippen LogP contribution in [0, 0.1) is 10.1 Å². The molecule has 0 heterocycles. The number of nitrogens with one attached hydrogen (secondary N) is 1. The van der Waals surface area contributed by atoms with Crippen molar-refractivity contribution in [1.29, 1.82) is 0 Å². The fraction of sp³-hybridized carbons (Fsp3) is 0.188. The van der Waals surface area contributed by atoms with Gasteiger partial charge in [-0.1, -0.05) is 36.2 Å². The number of nitrogens with zero attached hydrogens (tertiary/aromatic N) is 2. The number of rotatable bonds is 7. The van der Waals surface area contributed by atoms with Crippen LogP contribution in [0.25, 0.3) is 0 Å². The Hall–Kier alpha value is -2.31. The van der Waals surface area contributed by atoms with E-state index in [1.165, 1.54) is 18.3 Å². The average molecular weight is 368 g/mol. The Labute approximate surface area is 149 Å². The van der Waals surface area contributed by atoms with E-state index in [-0.39, 0.29) is 5.69 Å². The van der Waals surface area contributed by atoms with Crippen molar-refractivity contribution in [2.45, 2.75) is 13.3 Å². The van der Waals surface area contributed by atoms with Gasteiger partial charge in [-0.15, -0.1) is 0 Å². The molecule has 0 spiro atoms. The highest BCUT2D eigenvalue weighted by molar-refractivity contribution is 6.37. The molecule has 24 heavy (non-hydrogen) atoms. The van der Waals surface area contributed by atoms with E-state index >= 15 is 0 Å². The van der Waals surface area contributed by atoms with E-state index in [0.717, 1.165) is 6.42 Å². The average Bonchev–Trinajstić information content (AvgIpc) is 2.54. The summed E-state index contributed by atoms with van der Waals surface area (Å²) in [5, 5.41) is 15.6. The lowest BCUT2D eigenvalue weighted by atomic mass is 10.2. The first kappa shape index (κ1) is 18.0. The van der Waals surface area contributed by atoms with Gasteiger partial charge in [0.05, 0.1) is 33.5 Å². The van der Waals surface area contributed by atoms with Gasteiger partial charge in [-0.25, -0.2) is 0 Å². The first-order chi connectivity index (χ1) is 11.5. The van der Waals surface area contributed by atoms with Gasteiger partial charge in [-0.05, 0) is 30.2 Å². The van der Waals surface area contributed by atoms with E-state index < -0.39 is 4.92 Å². The molecule has 126 valence electrons. The molecule has 0 bridgehead atoms. The molecule has 0 unspecified atom stereocenters. The second-order valence-corrected chi connectivity index (χ2v) is 5.65. The van der Waals surface area contributed by atoms with Crippen molar-refractivity contribution in [3.05, 3.63) is 62.1 Å². The van der Waals surface area contributed by atoms with Crippen LogP contribution in [0.1, 0.15) is 18.9 Å².